The summed E-state index contributed by atoms with van der Waals surface area (Å²) in [4.78, 5) is 10.0. The van der Waals surface area contributed by atoms with E-state index in [4.69, 9.17) is 9.98 Å². The number of pyridine rings is 1. The topological polar surface area (TPSA) is 35.1 Å². The summed E-state index contributed by atoms with van der Waals surface area (Å²) in [6.45, 7) is 6.44. The minimum Gasteiger partial charge on any atom is -0.307 e. The highest BCUT2D eigenvalue weighted by molar-refractivity contribution is 6.26. The molecule has 4 nitrogen and oxygen atoms in total. The molecule has 0 aliphatic rings. The maximum Gasteiger partial charge on any atom is 0.137 e. The molecule has 0 saturated heterocycles. The number of allylic oxidation sites excluding steroid dienone is 2. The Morgan fingerprint density at radius 2 is 1.24 bits per heavy atom. The minimum absolute atomic E-state index is 0.873. The van der Waals surface area contributed by atoms with Gasteiger partial charge in [-0.25, -0.2) is 4.98 Å². The lowest BCUT2D eigenvalue weighted by atomic mass is 10.0. The van der Waals surface area contributed by atoms with Gasteiger partial charge in [0.25, 0.3) is 0 Å². The summed E-state index contributed by atoms with van der Waals surface area (Å²) < 4.78 is 4.73. The van der Waals surface area contributed by atoms with Crippen molar-refractivity contribution in [1.29, 1.82) is 0 Å². The average molecular weight is 655 g/mol. The molecular weight excluding hydrogens is 621 g/mol. The van der Waals surface area contributed by atoms with Crippen molar-refractivity contribution in [2.75, 3.05) is 0 Å². The number of aliphatic imine (C=N–C) groups is 1. The Bertz CT molecular complexity index is 2780. The molecule has 0 radical (unpaired) electrons. The summed E-state index contributed by atoms with van der Waals surface area (Å²) in [5, 5.41) is 4.82. The second-order valence-corrected chi connectivity index (χ2v) is 12.8. The van der Waals surface area contributed by atoms with Gasteiger partial charge >= 0.3 is 0 Å². The number of nitrogens with zero attached hydrogens (tertiary/aromatic N) is 4. The lowest BCUT2D eigenvalue weighted by molar-refractivity contribution is 1.08. The largest absolute Gasteiger partial charge is 0.307 e. The molecule has 0 aliphatic carbocycles. The summed E-state index contributed by atoms with van der Waals surface area (Å²) in [5.74, 6) is 0.898. The van der Waals surface area contributed by atoms with E-state index in [0.29, 0.717) is 0 Å². The lowest BCUT2D eigenvalue weighted by Crippen LogP contribution is -1.99. The fraction of sp³-hybridized carbons (Fsp3) is 0.0213. The van der Waals surface area contributed by atoms with Gasteiger partial charge in [-0.05, 0) is 76.9 Å². The van der Waals surface area contributed by atoms with E-state index in [0.717, 1.165) is 67.2 Å². The molecule has 0 N–H and O–H groups in total. The van der Waals surface area contributed by atoms with Crippen LogP contribution in [0.1, 0.15) is 23.6 Å². The molecule has 0 saturated carbocycles. The van der Waals surface area contributed by atoms with Crippen LogP contribution in [-0.2, 0) is 0 Å². The van der Waals surface area contributed by atoms with Gasteiger partial charge < -0.3 is 4.57 Å². The number of fused-ring (bicyclic) bond motifs is 7. The van der Waals surface area contributed by atoms with Crippen LogP contribution in [0, 0.1) is 0 Å². The van der Waals surface area contributed by atoms with Crippen molar-refractivity contribution < 1.29 is 0 Å². The SMILES string of the molecule is C=C(/C=C(\N=C(C)c1ccc(-n2c3ccc4ccccc4c3c3c2c2ccccc2n3-c2ccccn2)cc1)c1ccccc1)c1ccccc1. The third kappa shape index (κ3) is 5.25. The summed E-state index contributed by atoms with van der Waals surface area (Å²) in [6, 6.07) is 57.2. The second-order valence-electron chi connectivity index (χ2n) is 12.8. The molecule has 0 atom stereocenters. The van der Waals surface area contributed by atoms with Crippen LogP contribution in [0.5, 0.6) is 0 Å². The fourth-order valence-electron chi connectivity index (χ4n) is 7.27. The highest BCUT2D eigenvalue weighted by Crippen LogP contribution is 2.43. The van der Waals surface area contributed by atoms with Crippen LogP contribution >= 0.6 is 0 Å². The fourth-order valence-corrected chi connectivity index (χ4v) is 7.27. The Morgan fingerprint density at radius 1 is 0.569 bits per heavy atom. The van der Waals surface area contributed by atoms with Crippen molar-refractivity contribution >= 4 is 60.6 Å². The predicted octanol–water partition coefficient (Wildman–Crippen LogP) is 11.8. The van der Waals surface area contributed by atoms with E-state index >= 15 is 0 Å². The quantitative estimate of drug-likeness (QED) is 0.124. The Balaban J connectivity index is 1.22. The molecule has 0 unspecified atom stereocenters. The molecule has 0 fully saturated rings. The van der Waals surface area contributed by atoms with Crippen LogP contribution in [0.15, 0.2) is 188 Å². The van der Waals surface area contributed by atoms with Crippen LogP contribution in [0.2, 0.25) is 0 Å². The Hall–Kier alpha value is -6.78. The molecular formula is C47H34N4. The molecule has 6 aromatic carbocycles. The van der Waals surface area contributed by atoms with E-state index in [1.807, 2.05) is 48.7 Å². The molecule has 3 heterocycles. The van der Waals surface area contributed by atoms with Gasteiger partial charge in [-0.2, -0.15) is 0 Å². The highest BCUT2D eigenvalue weighted by Gasteiger charge is 2.23. The van der Waals surface area contributed by atoms with Crippen molar-refractivity contribution in [3.8, 4) is 11.5 Å². The normalized spacial score (nSPS) is 12.3. The Kier molecular flexibility index (Phi) is 7.48. The van der Waals surface area contributed by atoms with Crippen LogP contribution in [0.3, 0.4) is 0 Å². The third-order valence-electron chi connectivity index (χ3n) is 9.69. The zero-order chi connectivity index (χ0) is 34.3. The number of aromatic nitrogens is 3. The first-order valence-electron chi connectivity index (χ1n) is 17.2. The zero-order valence-corrected chi connectivity index (χ0v) is 28.2. The molecule has 0 aliphatic heterocycles. The summed E-state index contributed by atoms with van der Waals surface area (Å²) >= 11 is 0. The van der Waals surface area contributed by atoms with E-state index in [9.17, 15) is 0 Å². The van der Waals surface area contributed by atoms with Crippen LogP contribution in [-0.4, -0.2) is 19.8 Å². The van der Waals surface area contributed by atoms with Gasteiger partial charge in [-0.15, -0.1) is 0 Å². The van der Waals surface area contributed by atoms with Gasteiger partial charge in [0.2, 0.25) is 0 Å². The maximum absolute atomic E-state index is 5.19. The van der Waals surface area contributed by atoms with E-state index in [-0.39, 0.29) is 0 Å². The number of hydrogen-bond acceptors (Lipinski definition) is 2. The van der Waals surface area contributed by atoms with Crippen molar-refractivity contribution in [3.63, 3.8) is 0 Å². The molecule has 0 spiro atoms. The first kappa shape index (κ1) is 30.3. The van der Waals surface area contributed by atoms with Crippen LogP contribution in [0.25, 0.3) is 66.4 Å². The number of para-hydroxylation sites is 1. The number of benzene rings is 6. The van der Waals surface area contributed by atoms with E-state index in [2.05, 4.69) is 150 Å². The van der Waals surface area contributed by atoms with Crippen molar-refractivity contribution in [1.82, 2.24) is 14.1 Å². The third-order valence-corrected chi connectivity index (χ3v) is 9.69. The van der Waals surface area contributed by atoms with Gasteiger partial charge in [0.1, 0.15) is 5.82 Å². The second kappa shape index (κ2) is 12.6. The first-order chi connectivity index (χ1) is 25.2. The molecule has 0 bridgehead atoms. The lowest BCUT2D eigenvalue weighted by Gasteiger charge is -2.11. The summed E-state index contributed by atoms with van der Waals surface area (Å²) in [6.07, 6.45) is 3.94. The van der Waals surface area contributed by atoms with E-state index < -0.39 is 0 Å². The van der Waals surface area contributed by atoms with Crippen molar-refractivity contribution in [2.24, 2.45) is 4.99 Å². The maximum atomic E-state index is 5.19. The zero-order valence-electron chi connectivity index (χ0n) is 28.2. The molecule has 9 aromatic rings. The van der Waals surface area contributed by atoms with Gasteiger partial charge in [-0.1, -0.05) is 134 Å². The predicted molar refractivity (Wildman–Crippen MR) is 215 cm³/mol. The standard InChI is InChI=1S/C47H34N4/c1-32(34-15-5-3-6-16-34)31-41(37-18-7-4-8-19-37)49-33(2)35-24-27-38(28-25-35)50-43-29-26-36-17-9-10-20-39(36)45(43)47-46(50)40-21-11-12-22-42(40)51(47)44-23-13-14-30-48-44/h3-31H,1H2,2H3/b41-31-,49-33?. The molecule has 3 aromatic heterocycles. The van der Waals surface area contributed by atoms with Gasteiger partial charge in [0.15, 0.2) is 0 Å². The van der Waals surface area contributed by atoms with Gasteiger partial charge in [0, 0.05) is 33.9 Å². The number of rotatable bonds is 7. The van der Waals surface area contributed by atoms with E-state index in [1.165, 1.54) is 21.5 Å². The minimum atomic E-state index is 0.873. The van der Waals surface area contributed by atoms with Crippen LogP contribution in [0.4, 0.5) is 0 Å². The molecule has 51 heavy (non-hydrogen) atoms. The van der Waals surface area contributed by atoms with Gasteiger partial charge in [-0.3, -0.25) is 9.56 Å². The van der Waals surface area contributed by atoms with Crippen molar-refractivity contribution in [3.05, 3.63) is 199 Å². The smallest absolute Gasteiger partial charge is 0.137 e. The molecule has 9 rings (SSSR count). The Labute approximate surface area is 296 Å². The molecule has 242 valence electrons. The van der Waals surface area contributed by atoms with E-state index in [1.54, 1.807) is 0 Å². The van der Waals surface area contributed by atoms with Crippen molar-refractivity contribution in [2.45, 2.75) is 6.92 Å². The molecule has 4 heteroatoms. The monoisotopic (exact) mass is 654 g/mol. The summed E-state index contributed by atoms with van der Waals surface area (Å²) in [7, 11) is 0. The first-order valence-corrected chi connectivity index (χ1v) is 17.2. The van der Waals surface area contributed by atoms with Crippen LogP contribution < -0.4 is 0 Å². The number of hydrogen-bond donors (Lipinski definition) is 0. The highest BCUT2D eigenvalue weighted by atomic mass is 15.1. The Morgan fingerprint density at radius 3 is 1.98 bits per heavy atom. The average Bonchev–Trinajstić information content (AvgIpc) is 3.71. The van der Waals surface area contributed by atoms with Gasteiger partial charge in [0.05, 0.1) is 27.8 Å². The molecule has 0 amide bonds. The summed E-state index contributed by atoms with van der Waals surface area (Å²) in [5.41, 5.74) is 11.6.